The molecule has 0 radical (unpaired) electrons. The van der Waals surface area contributed by atoms with Crippen LogP contribution in [0.2, 0.25) is 0 Å². The van der Waals surface area contributed by atoms with Crippen LogP contribution in [0.4, 0.5) is 5.82 Å². The van der Waals surface area contributed by atoms with Crippen LogP contribution in [-0.2, 0) is 21.6 Å². The summed E-state index contributed by atoms with van der Waals surface area (Å²) in [6.45, 7) is 0. The third-order valence-corrected chi connectivity index (χ3v) is 9.55. The molecule has 6 rings (SSSR count). The second-order valence-corrected chi connectivity index (χ2v) is 12.3. The van der Waals surface area contributed by atoms with Crippen molar-refractivity contribution in [3.8, 4) is 16.8 Å². The molecule has 0 amide bonds. The summed E-state index contributed by atoms with van der Waals surface area (Å²) >= 11 is 0. The van der Waals surface area contributed by atoms with Gasteiger partial charge in [-0.05, 0) is 60.4 Å². The third kappa shape index (κ3) is 3.56. The molecule has 3 aromatic heterocycles. The first-order chi connectivity index (χ1) is 17.6. The van der Waals surface area contributed by atoms with E-state index in [2.05, 4.69) is 9.97 Å². The number of aromatic nitrogens is 4. The number of rotatable bonds is 5. The van der Waals surface area contributed by atoms with Crippen LogP contribution < -0.4 is 10.6 Å². The minimum absolute atomic E-state index is 0.191. The monoisotopic (exact) mass is 513 g/mol. The number of anilines is 1. The molecule has 2 aromatic carbocycles. The Morgan fingerprint density at radius 1 is 0.919 bits per heavy atom. The van der Waals surface area contributed by atoms with E-state index in [0.29, 0.717) is 18.5 Å². The highest BCUT2D eigenvalue weighted by molar-refractivity contribution is 7.92. The molecule has 0 saturated heterocycles. The summed E-state index contributed by atoms with van der Waals surface area (Å²) in [4.78, 5) is 24.5. The van der Waals surface area contributed by atoms with Crippen molar-refractivity contribution in [2.24, 2.45) is 7.05 Å². The highest BCUT2D eigenvalue weighted by Gasteiger charge is 2.53. The van der Waals surface area contributed by atoms with Gasteiger partial charge < -0.3 is 4.90 Å². The summed E-state index contributed by atoms with van der Waals surface area (Å²) < 4.78 is 27.2. The number of pyridine rings is 2. The van der Waals surface area contributed by atoms with Crippen molar-refractivity contribution in [1.82, 2.24) is 19.1 Å². The molecule has 0 atom stereocenters. The van der Waals surface area contributed by atoms with E-state index < -0.39 is 14.6 Å². The van der Waals surface area contributed by atoms with Gasteiger partial charge in [0.1, 0.15) is 5.82 Å². The Hall–Kier alpha value is -3.98. The lowest BCUT2D eigenvalue weighted by Gasteiger charge is -2.14. The van der Waals surface area contributed by atoms with Gasteiger partial charge in [0.2, 0.25) is 0 Å². The van der Waals surface area contributed by atoms with E-state index in [-0.39, 0.29) is 5.69 Å². The number of hydrogen-bond donors (Lipinski definition) is 0. The number of imidazole rings is 1. The minimum atomic E-state index is -3.22. The van der Waals surface area contributed by atoms with Gasteiger partial charge in [-0.3, -0.25) is 14.1 Å². The maximum Gasteiger partial charge on any atom is 0.333 e. The summed E-state index contributed by atoms with van der Waals surface area (Å²) in [7, 11) is 2.42. The van der Waals surface area contributed by atoms with Crippen molar-refractivity contribution in [2.45, 2.75) is 17.6 Å². The van der Waals surface area contributed by atoms with E-state index in [1.165, 1.54) is 6.26 Å². The van der Waals surface area contributed by atoms with Crippen LogP contribution in [0.25, 0.3) is 38.8 Å². The molecular weight excluding hydrogens is 486 g/mol. The summed E-state index contributed by atoms with van der Waals surface area (Å²) in [6.07, 6.45) is 6.12. The molecule has 8 nitrogen and oxygen atoms in total. The van der Waals surface area contributed by atoms with Gasteiger partial charge in [0, 0.05) is 44.5 Å². The fourth-order valence-corrected chi connectivity index (χ4v) is 6.55. The van der Waals surface area contributed by atoms with Crippen LogP contribution in [0.5, 0.6) is 0 Å². The van der Waals surface area contributed by atoms with Gasteiger partial charge in [-0.25, -0.2) is 18.2 Å². The Kier molecular flexibility index (Phi) is 5.07. The van der Waals surface area contributed by atoms with Crippen LogP contribution >= 0.6 is 0 Å². The zero-order valence-corrected chi connectivity index (χ0v) is 22.0. The van der Waals surface area contributed by atoms with Crippen molar-refractivity contribution < 1.29 is 8.42 Å². The van der Waals surface area contributed by atoms with E-state index in [9.17, 15) is 13.2 Å². The number of nitrogens with zero attached hydrogens (tertiary/aromatic N) is 5. The molecule has 0 unspecified atom stereocenters. The molecule has 1 fully saturated rings. The molecule has 0 aliphatic heterocycles. The number of sulfone groups is 1. The summed E-state index contributed by atoms with van der Waals surface area (Å²) in [6, 6.07) is 17.4. The van der Waals surface area contributed by atoms with Gasteiger partial charge in [0.15, 0.2) is 9.84 Å². The molecule has 188 valence electrons. The largest absolute Gasteiger partial charge is 0.363 e. The Labute approximate surface area is 214 Å². The van der Waals surface area contributed by atoms with E-state index in [1.54, 1.807) is 22.4 Å². The molecule has 1 aliphatic rings. The van der Waals surface area contributed by atoms with Crippen molar-refractivity contribution in [1.29, 1.82) is 0 Å². The fourth-order valence-electron chi connectivity index (χ4n) is 5.14. The third-order valence-electron chi connectivity index (χ3n) is 7.49. The number of aryl methyl sites for hydroxylation is 1. The van der Waals surface area contributed by atoms with Crippen LogP contribution in [0, 0.1) is 0 Å². The second kappa shape index (κ2) is 8.01. The maximum absolute atomic E-state index is 13.4. The Morgan fingerprint density at radius 2 is 1.62 bits per heavy atom. The van der Waals surface area contributed by atoms with Crippen LogP contribution in [0.3, 0.4) is 0 Å². The van der Waals surface area contributed by atoms with Gasteiger partial charge in [0.25, 0.3) is 0 Å². The Morgan fingerprint density at radius 3 is 2.22 bits per heavy atom. The fraction of sp³-hybridized carbons (Fsp3) is 0.250. The van der Waals surface area contributed by atoms with E-state index in [0.717, 1.165) is 44.4 Å². The summed E-state index contributed by atoms with van der Waals surface area (Å²) in [5, 5.41) is 0.850. The van der Waals surface area contributed by atoms with Crippen LogP contribution in [0.15, 0.2) is 71.8 Å². The first kappa shape index (κ1) is 23.4. The maximum atomic E-state index is 13.4. The average Bonchev–Trinajstić information content (AvgIpc) is 3.67. The molecule has 37 heavy (non-hydrogen) atoms. The smallest absolute Gasteiger partial charge is 0.333 e. The molecule has 1 saturated carbocycles. The standard InChI is InChI=1S/C28H27N5O3S/c1-31(2)25-12-6-19(16-30-25)18-5-11-23-22(15-18)26-24(17-29-23)32(3)27(34)33(26)21-9-7-20(8-10-21)28(13-14-28)37(4,35)36/h5-12,15-17H,13-14H2,1-4H3. The van der Waals surface area contributed by atoms with Crippen LogP contribution in [0.1, 0.15) is 18.4 Å². The van der Waals surface area contributed by atoms with E-state index in [1.807, 2.05) is 79.8 Å². The Bertz CT molecular complexity index is 1850. The first-order valence-corrected chi connectivity index (χ1v) is 13.9. The Balaban J connectivity index is 1.53. The number of hydrogen-bond acceptors (Lipinski definition) is 6. The van der Waals surface area contributed by atoms with Crippen molar-refractivity contribution in [3.05, 3.63) is 83.0 Å². The molecule has 0 spiro atoms. The number of fused-ring (bicyclic) bond motifs is 3. The van der Waals surface area contributed by atoms with Gasteiger partial charge in [-0.1, -0.05) is 18.2 Å². The van der Waals surface area contributed by atoms with Crippen LogP contribution in [-0.4, -0.2) is 47.9 Å². The van der Waals surface area contributed by atoms with Gasteiger partial charge in [0.05, 0.1) is 33.2 Å². The zero-order chi connectivity index (χ0) is 26.1. The molecule has 3 heterocycles. The number of benzene rings is 2. The predicted molar refractivity (Wildman–Crippen MR) is 147 cm³/mol. The van der Waals surface area contributed by atoms with Crippen molar-refractivity contribution in [2.75, 3.05) is 25.3 Å². The first-order valence-electron chi connectivity index (χ1n) is 12.1. The van der Waals surface area contributed by atoms with Crippen molar-refractivity contribution in [3.63, 3.8) is 0 Å². The SMILES string of the molecule is CN(C)c1ccc(-c2ccc3ncc4c(c3c2)n(-c2ccc(C3(S(C)(=O)=O)CC3)cc2)c(=O)n4C)cn1. The lowest BCUT2D eigenvalue weighted by Crippen LogP contribution is -2.21. The normalized spacial score (nSPS) is 14.8. The molecule has 9 heteroatoms. The average molecular weight is 514 g/mol. The quantitative estimate of drug-likeness (QED) is 0.352. The highest BCUT2D eigenvalue weighted by atomic mass is 32.2. The van der Waals surface area contributed by atoms with Gasteiger partial charge >= 0.3 is 5.69 Å². The minimum Gasteiger partial charge on any atom is -0.363 e. The topological polar surface area (TPSA) is 90.1 Å². The van der Waals surface area contributed by atoms with E-state index in [4.69, 9.17) is 0 Å². The highest BCUT2D eigenvalue weighted by Crippen LogP contribution is 2.52. The van der Waals surface area contributed by atoms with E-state index >= 15 is 0 Å². The molecule has 0 bridgehead atoms. The lowest BCUT2D eigenvalue weighted by molar-refractivity contribution is 0.586. The van der Waals surface area contributed by atoms with Gasteiger partial charge in [-0.15, -0.1) is 0 Å². The van der Waals surface area contributed by atoms with Gasteiger partial charge in [-0.2, -0.15) is 0 Å². The molecule has 0 N–H and O–H groups in total. The molecular formula is C28H27N5O3S. The molecule has 5 aromatic rings. The lowest BCUT2D eigenvalue weighted by atomic mass is 10.0. The molecule has 1 aliphatic carbocycles. The summed E-state index contributed by atoms with van der Waals surface area (Å²) in [5.41, 5.74) is 5.45. The summed E-state index contributed by atoms with van der Waals surface area (Å²) in [5.74, 6) is 0.873. The second-order valence-electron chi connectivity index (χ2n) is 10.0. The zero-order valence-electron chi connectivity index (χ0n) is 21.1. The van der Waals surface area contributed by atoms with Crippen molar-refractivity contribution >= 4 is 37.6 Å². The predicted octanol–water partition coefficient (Wildman–Crippen LogP) is 4.04.